The number of imide groups is 1. The molecule has 130 valence electrons. The minimum Gasteiger partial charge on any atom is -0.293 e. The zero-order valence-electron chi connectivity index (χ0n) is 13.8. The van der Waals surface area contributed by atoms with Gasteiger partial charge in [0.2, 0.25) is 5.91 Å². The predicted octanol–water partition coefficient (Wildman–Crippen LogP) is 2.66. The number of para-hydroxylation sites is 2. The number of anilines is 2. The second kappa shape index (κ2) is 6.07. The van der Waals surface area contributed by atoms with Crippen LogP contribution in [0, 0.1) is 5.92 Å². The molecule has 1 saturated heterocycles. The number of rotatable bonds is 3. The molecule has 2 aromatic carbocycles. The third-order valence-electron chi connectivity index (χ3n) is 4.52. The van der Waals surface area contributed by atoms with Crippen LogP contribution in [0.4, 0.5) is 11.4 Å². The zero-order chi connectivity index (χ0) is 18.4. The van der Waals surface area contributed by atoms with Crippen LogP contribution < -0.4 is 9.91 Å². The van der Waals surface area contributed by atoms with Gasteiger partial charge in [-0.15, -0.1) is 0 Å². The van der Waals surface area contributed by atoms with E-state index in [1.807, 2.05) is 0 Å². The van der Waals surface area contributed by atoms with Crippen molar-refractivity contribution >= 4 is 46.3 Å². The van der Waals surface area contributed by atoms with Gasteiger partial charge in [0.25, 0.3) is 5.91 Å². The zero-order valence-corrected chi connectivity index (χ0v) is 14.6. The molecule has 0 spiro atoms. The van der Waals surface area contributed by atoms with Crippen LogP contribution in [0.1, 0.15) is 6.92 Å². The standard InChI is InChI=1S/C19H14ClN3O3/c1-11(24)16-15-17(23(21-16)14-10-6-5-9-13(14)20)19(26)22(18(15)25)12-7-3-2-4-8-12/h2-10,15,17H,1H3/t15-,17-/m0/s1. The summed E-state index contributed by atoms with van der Waals surface area (Å²) >= 11 is 6.25. The highest BCUT2D eigenvalue weighted by molar-refractivity contribution is 6.49. The van der Waals surface area contributed by atoms with E-state index in [0.717, 1.165) is 4.90 Å². The number of hydrazone groups is 1. The van der Waals surface area contributed by atoms with Gasteiger partial charge in [0, 0.05) is 6.92 Å². The molecule has 4 rings (SSSR count). The first kappa shape index (κ1) is 16.5. The van der Waals surface area contributed by atoms with Crippen LogP contribution in [0.5, 0.6) is 0 Å². The van der Waals surface area contributed by atoms with E-state index < -0.39 is 23.8 Å². The number of Topliss-reactive ketones (excluding diaryl/α,β-unsaturated/α-hetero) is 1. The maximum Gasteiger partial charge on any atom is 0.259 e. The van der Waals surface area contributed by atoms with Gasteiger partial charge in [-0.1, -0.05) is 41.9 Å². The van der Waals surface area contributed by atoms with Crippen LogP contribution in [0.25, 0.3) is 0 Å². The van der Waals surface area contributed by atoms with E-state index in [1.165, 1.54) is 11.9 Å². The molecule has 2 aliphatic rings. The molecule has 2 atom stereocenters. The topological polar surface area (TPSA) is 70.1 Å². The fourth-order valence-corrected chi connectivity index (χ4v) is 3.59. The number of hydrogen-bond donors (Lipinski definition) is 0. The lowest BCUT2D eigenvalue weighted by Crippen LogP contribution is -2.39. The Hall–Kier alpha value is -2.99. The van der Waals surface area contributed by atoms with E-state index in [-0.39, 0.29) is 11.5 Å². The number of nitrogens with zero attached hydrogens (tertiary/aromatic N) is 3. The maximum absolute atomic E-state index is 13.1. The van der Waals surface area contributed by atoms with Crippen LogP contribution in [-0.2, 0) is 14.4 Å². The van der Waals surface area contributed by atoms with Gasteiger partial charge in [-0.3, -0.25) is 14.4 Å². The minimum absolute atomic E-state index is 0.0756. The van der Waals surface area contributed by atoms with Crippen molar-refractivity contribution in [2.75, 3.05) is 9.91 Å². The molecule has 2 amide bonds. The average Bonchev–Trinajstić information content (AvgIpc) is 3.14. The molecule has 0 unspecified atom stereocenters. The van der Waals surface area contributed by atoms with Gasteiger partial charge in [-0.05, 0) is 24.3 Å². The van der Waals surface area contributed by atoms with Crippen molar-refractivity contribution in [1.29, 1.82) is 0 Å². The smallest absolute Gasteiger partial charge is 0.259 e. The molecule has 0 saturated carbocycles. The van der Waals surface area contributed by atoms with Crippen LogP contribution in [0.15, 0.2) is 59.7 Å². The molecule has 0 bridgehead atoms. The SMILES string of the molecule is CC(=O)C1=NN(c2ccccc2Cl)[C@@H]2C(=O)N(c3ccccc3)C(=O)[C@@H]12. The van der Waals surface area contributed by atoms with Gasteiger partial charge in [0.05, 0.1) is 16.4 Å². The summed E-state index contributed by atoms with van der Waals surface area (Å²) in [6.07, 6.45) is 0. The molecular weight excluding hydrogens is 354 g/mol. The van der Waals surface area contributed by atoms with Crippen LogP contribution >= 0.6 is 11.6 Å². The summed E-state index contributed by atoms with van der Waals surface area (Å²) in [7, 11) is 0. The lowest BCUT2D eigenvalue weighted by atomic mass is 9.95. The lowest BCUT2D eigenvalue weighted by molar-refractivity contribution is -0.122. The summed E-state index contributed by atoms with van der Waals surface area (Å²) in [4.78, 5) is 39.3. The fraction of sp³-hybridized carbons (Fsp3) is 0.158. The number of halogens is 1. The summed E-state index contributed by atoms with van der Waals surface area (Å²) in [5.41, 5.74) is 1.03. The molecule has 7 heteroatoms. The van der Waals surface area contributed by atoms with Gasteiger partial charge in [0.15, 0.2) is 5.78 Å². The van der Waals surface area contributed by atoms with Gasteiger partial charge >= 0.3 is 0 Å². The van der Waals surface area contributed by atoms with E-state index in [4.69, 9.17) is 11.6 Å². The minimum atomic E-state index is -0.934. The Morgan fingerprint density at radius 1 is 1.00 bits per heavy atom. The molecule has 0 aliphatic carbocycles. The van der Waals surface area contributed by atoms with E-state index >= 15 is 0 Å². The first-order chi connectivity index (χ1) is 12.5. The summed E-state index contributed by atoms with van der Waals surface area (Å²) < 4.78 is 0. The molecule has 26 heavy (non-hydrogen) atoms. The fourth-order valence-electron chi connectivity index (χ4n) is 3.37. The molecule has 0 N–H and O–H groups in total. The van der Waals surface area contributed by atoms with E-state index in [9.17, 15) is 14.4 Å². The molecule has 2 heterocycles. The van der Waals surface area contributed by atoms with Crippen molar-refractivity contribution in [3.05, 3.63) is 59.6 Å². The third kappa shape index (κ3) is 2.34. The van der Waals surface area contributed by atoms with Crippen molar-refractivity contribution < 1.29 is 14.4 Å². The first-order valence-electron chi connectivity index (χ1n) is 8.06. The van der Waals surface area contributed by atoms with Crippen LogP contribution in [-0.4, -0.2) is 29.4 Å². The summed E-state index contributed by atoms with van der Waals surface area (Å²) in [5, 5.41) is 6.06. The van der Waals surface area contributed by atoms with Crippen molar-refractivity contribution in [3.63, 3.8) is 0 Å². The van der Waals surface area contributed by atoms with E-state index in [2.05, 4.69) is 5.10 Å². The Kier molecular flexibility index (Phi) is 3.85. The van der Waals surface area contributed by atoms with Crippen molar-refractivity contribution in [3.8, 4) is 0 Å². The molecule has 6 nitrogen and oxygen atoms in total. The van der Waals surface area contributed by atoms with Crippen molar-refractivity contribution in [2.45, 2.75) is 13.0 Å². The Morgan fingerprint density at radius 2 is 1.65 bits per heavy atom. The van der Waals surface area contributed by atoms with Gasteiger partial charge < -0.3 is 0 Å². The molecular formula is C19H14ClN3O3. The number of amides is 2. The Morgan fingerprint density at radius 3 is 2.31 bits per heavy atom. The summed E-state index contributed by atoms with van der Waals surface area (Å²) in [5.74, 6) is -2.15. The molecule has 0 radical (unpaired) electrons. The number of ketones is 1. The number of carbonyl (C=O) groups excluding carboxylic acids is 3. The highest BCUT2D eigenvalue weighted by Gasteiger charge is 2.58. The average molecular weight is 368 g/mol. The van der Waals surface area contributed by atoms with Crippen LogP contribution in [0.3, 0.4) is 0 Å². The van der Waals surface area contributed by atoms with Crippen LogP contribution in [0.2, 0.25) is 5.02 Å². The number of carbonyl (C=O) groups is 3. The number of benzene rings is 2. The number of fused-ring (bicyclic) bond motifs is 1. The third-order valence-corrected chi connectivity index (χ3v) is 4.84. The Bertz CT molecular complexity index is 958. The second-order valence-corrected chi connectivity index (χ2v) is 6.51. The van der Waals surface area contributed by atoms with E-state index in [0.29, 0.717) is 16.4 Å². The monoisotopic (exact) mass is 367 g/mol. The predicted molar refractivity (Wildman–Crippen MR) is 98.3 cm³/mol. The highest BCUT2D eigenvalue weighted by atomic mass is 35.5. The summed E-state index contributed by atoms with van der Waals surface area (Å²) in [6, 6.07) is 14.6. The molecule has 2 aromatic rings. The second-order valence-electron chi connectivity index (χ2n) is 6.11. The Balaban J connectivity index is 1.83. The van der Waals surface area contributed by atoms with Crippen molar-refractivity contribution in [2.24, 2.45) is 11.0 Å². The Labute approximate surface area is 154 Å². The van der Waals surface area contributed by atoms with Gasteiger partial charge in [0.1, 0.15) is 17.7 Å². The van der Waals surface area contributed by atoms with E-state index in [1.54, 1.807) is 54.6 Å². The summed E-state index contributed by atoms with van der Waals surface area (Å²) in [6.45, 7) is 1.34. The lowest BCUT2D eigenvalue weighted by Gasteiger charge is -2.22. The molecule has 0 aromatic heterocycles. The highest BCUT2D eigenvalue weighted by Crippen LogP contribution is 2.39. The van der Waals surface area contributed by atoms with Gasteiger partial charge in [-0.2, -0.15) is 5.10 Å². The van der Waals surface area contributed by atoms with Crippen molar-refractivity contribution in [1.82, 2.24) is 0 Å². The maximum atomic E-state index is 13.1. The number of hydrogen-bond acceptors (Lipinski definition) is 5. The van der Waals surface area contributed by atoms with Gasteiger partial charge in [-0.25, -0.2) is 9.91 Å². The molecule has 2 aliphatic heterocycles. The largest absolute Gasteiger partial charge is 0.293 e. The molecule has 1 fully saturated rings. The normalized spacial score (nSPS) is 21.8. The first-order valence-corrected chi connectivity index (χ1v) is 8.44. The quantitative estimate of drug-likeness (QED) is 0.782.